The SMILES string of the molecule is c1ccc(-c2nnc(-c3cccs3)c(-c3cccs3)n2)nc1. The van der Waals surface area contributed by atoms with Crippen molar-refractivity contribution in [2.75, 3.05) is 0 Å². The lowest BCUT2D eigenvalue weighted by Crippen LogP contribution is -1.99. The van der Waals surface area contributed by atoms with Crippen LogP contribution in [0.15, 0.2) is 59.4 Å². The number of rotatable bonds is 3. The maximum absolute atomic E-state index is 4.72. The van der Waals surface area contributed by atoms with E-state index in [0.717, 1.165) is 26.8 Å². The molecule has 0 saturated carbocycles. The Morgan fingerprint density at radius 3 is 2.14 bits per heavy atom. The van der Waals surface area contributed by atoms with Crippen molar-refractivity contribution in [3.05, 3.63) is 59.4 Å². The third-order valence-electron chi connectivity index (χ3n) is 3.09. The molecular formula is C16H10N4S2. The first-order chi connectivity index (χ1) is 10.9. The molecule has 0 fully saturated rings. The van der Waals surface area contributed by atoms with E-state index in [1.165, 1.54) is 0 Å². The largest absolute Gasteiger partial charge is 0.253 e. The average molecular weight is 322 g/mol. The van der Waals surface area contributed by atoms with E-state index in [1.54, 1.807) is 28.9 Å². The highest BCUT2D eigenvalue weighted by Crippen LogP contribution is 2.34. The van der Waals surface area contributed by atoms with Gasteiger partial charge in [-0.15, -0.1) is 32.9 Å². The van der Waals surface area contributed by atoms with Gasteiger partial charge in [-0.25, -0.2) is 4.98 Å². The zero-order valence-corrected chi connectivity index (χ0v) is 13.0. The molecule has 4 nitrogen and oxygen atoms in total. The first-order valence-electron chi connectivity index (χ1n) is 6.66. The molecular weight excluding hydrogens is 312 g/mol. The summed E-state index contributed by atoms with van der Waals surface area (Å²) in [5, 5.41) is 12.7. The third-order valence-corrected chi connectivity index (χ3v) is 4.84. The Kier molecular flexibility index (Phi) is 3.46. The van der Waals surface area contributed by atoms with Gasteiger partial charge in [-0.2, -0.15) is 0 Å². The summed E-state index contributed by atoms with van der Waals surface area (Å²) in [5.41, 5.74) is 2.40. The highest BCUT2D eigenvalue weighted by atomic mass is 32.1. The summed E-state index contributed by atoms with van der Waals surface area (Å²) in [6.45, 7) is 0. The van der Waals surface area contributed by atoms with Crippen molar-refractivity contribution in [2.24, 2.45) is 0 Å². The van der Waals surface area contributed by atoms with Gasteiger partial charge in [-0.05, 0) is 35.0 Å². The predicted octanol–water partition coefficient (Wildman–Crippen LogP) is 4.39. The van der Waals surface area contributed by atoms with E-state index in [2.05, 4.69) is 15.2 Å². The smallest absolute Gasteiger partial charge is 0.201 e. The van der Waals surface area contributed by atoms with Crippen molar-refractivity contribution in [1.82, 2.24) is 20.2 Å². The second-order valence-electron chi connectivity index (χ2n) is 4.50. The first kappa shape index (κ1) is 13.2. The normalized spacial score (nSPS) is 10.7. The molecule has 0 bridgehead atoms. The Morgan fingerprint density at radius 2 is 1.50 bits per heavy atom. The fourth-order valence-corrected chi connectivity index (χ4v) is 3.52. The van der Waals surface area contributed by atoms with Crippen LogP contribution < -0.4 is 0 Å². The highest BCUT2D eigenvalue weighted by Gasteiger charge is 2.16. The van der Waals surface area contributed by atoms with Gasteiger partial charge in [-0.1, -0.05) is 18.2 Å². The molecule has 0 N–H and O–H groups in total. The summed E-state index contributed by atoms with van der Waals surface area (Å²) in [5.74, 6) is 0.546. The van der Waals surface area contributed by atoms with E-state index in [9.17, 15) is 0 Å². The summed E-state index contributed by atoms with van der Waals surface area (Å²) in [4.78, 5) is 11.2. The maximum atomic E-state index is 4.72. The number of hydrogen-bond donors (Lipinski definition) is 0. The van der Waals surface area contributed by atoms with Gasteiger partial charge in [0.05, 0.1) is 9.75 Å². The lowest BCUT2D eigenvalue weighted by Gasteiger charge is -2.06. The highest BCUT2D eigenvalue weighted by molar-refractivity contribution is 7.14. The molecule has 0 unspecified atom stereocenters. The molecule has 106 valence electrons. The second kappa shape index (κ2) is 5.75. The van der Waals surface area contributed by atoms with Gasteiger partial charge in [0.25, 0.3) is 0 Å². The first-order valence-corrected chi connectivity index (χ1v) is 8.41. The zero-order chi connectivity index (χ0) is 14.8. The van der Waals surface area contributed by atoms with Crippen molar-refractivity contribution in [2.45, 2.75) is 0 Å². The van der Waals surface area contributed by atoms with E-state index in [-0.39, 0.29) is 0 Å². The van der Waals surface area contributed by atoms with E-state index in [0.29, 0.717) is 5.82 Å². The minimum absolute atomic E-state index is 0.546. The Bertz CT molecular complexity index is 872. The topological polar surface area (TPSA) is 51.6 Å². The van der Waals surface area contributed by atoms with Crippen LogP contribution in [0.1, 0.15) is 0 Å². The maximum Gasteiger partial charge on any atom is 0.201 e. The second-order valence-corrected chi connectivity index (χ2v) is 6.40. The van der Waals surface area contributed by atoms with Crippen LogP contribution in [-0.4, -0.2) is 20.2 Å². The van der Waals surface area contributed by atoms with E-state index in [4.69, 9.17) is 4.98 Å². The van der Waals surface area contributed by atoms with E-state index in [1.807, 2.05) is 53.2 Å². The number of nitrogens with zero attached hydrogens (tertiary/aromatic N) is 4. The van der Waals surface area contributed by atoms with Crippen molar-refractivity contribution >= 4 is 22.7 Å². The molecule has 22 heavy (non-hydrogen) atoms. The molecule has 4 heterocycles. The summed E-state index contributed by atoms with van der Waals surface area (Å²) < 4.78 is 0. The molecule has 0 aromatic carbocycles. The summed E-state index contributed by atoms with van der Waals surface area (Å²) >= 11 is 3.28. The monoisotopic (exact) mass is 322 g/mol. The Morgan fingerprint density at radius 1 is 0.727 bits per heavy atom. The van der Waals surface area contributed by atoms with E-state index < -0.39 is 0 Å². The standard InChI is InChI=1S/C16H10N4S2/c1-2-8-17-11(5-1)16-18-14(12-6-3-9-21-12)15(19-20-16)13-7-4-10-22-13/h1-10H. The molecule has 4 aromatic heterocycles. The lowest BCUT2D eigenvalue weighted by molar-refractivity contribution is 0.985. The Hall–Kier alpha value is -2.44. The van der Waals surface area contributed by atoms with Crippen molar-refractivity contribution < 1.29 is 0 Å². The van der Waals surface area contributed by atoms with Crippen LogP contribution in [-0.2, 0) is 0 Å². The third kappa shape index (κ3) is 2.43. The van der Waals surface area contributed by atoms with Gasteiger partial charge in [0.2, 0.25) is 5.82 Å². The van der Waals surface area contributed by atoms with Gasteiger partial charge in [0.1, 0.15) is 17.1 Å². The number of aromatic nitrogens is 4. The van der Waals surface area contributed by atoms with Crippen LogP contribution in [0.3, 0.4) is 0 Å². The minimum Gasteiger partial charge on any atom is -0.253 e. The van der Waals surface area contributed by atoms with Gasteiger partial charge in [0.15, 0.2) is 0 Å². The average Bonchev–Trinajstić information content (AvgIpc) is 3.29. The molecule has 4 rings (SSSR count). The molecule has 0 saturated heterocycles. The molecule has 0 aliphatic rings. The zero-order valence-electron chi connectivity index (χ0n) is 11.4. The number of thiophene rings is 2. The minimum atomic E-state index is 0.546. The Labute approximate surface area is 135 Å². The molecule has 6 heteroatoms. The molecule has 0 amide bonds. The summed E-state index contributed by atoms with van der Waals surface area (Å²) in [6.07, 6.45) is 1.73. The molecule has 0 radical (unpaired) electrons. The number of hydrogen-bond acceptors (Lipinski definition) is 6. The van der Waals surface area contributed by atoms with Crippen LogP contribution >= 0.6 is 22.7 Å². The fraction of sp³-hybridized carbons (Fsp3) is 0. The van der Waals surface area contributed by atoms with Crippen molar-refractivity contribution in [1.29, 1.82) is 0 Å². The van der Waals surface area contributed by atoms with Gasteiger partial charge < -0.3 is 0 Å². The van der Waals surface area contributed by atoms with Crippen molar-refractivity contribution in [3.8, 4) is 32.7 Å². The van der Waals surface area contributed by atoms with Gasteiger partial charge in [0, 0.05) is 6.20 Å². The lowest BCUT2D eigenvalue weighted by atomic mass is 10.2. The van der Waals surface area contributed by atoms with Crippen LogP contribution in [0.4, 0.5) is 0 Å². The summed E-state index contributed by atoms with van der Waals surface area (Å²) in [7, 11) is 0. The van der Waals surface area contributed by atoms with Gasteiger partial charge >= 0.3 is 0 Å². The van der Waals surface area contributed by atoms with Crippen molar-refractivity contribution in [3.63, 3.8) is 0 Å². The quantitative estimate of drug-likeness (QED) is 0.561. The molecule has 0 spiro atoms. The van der Waals surface area contributed by atoms with Crippen LogP contribution in [0.25, 0.3) is 32.7 Å². The van der Waals surface area contributed by atoms with E-state index >= 15 is 0 Å². The van der Waals surface area contributed by atoms with Crippen LogP contribution in [0.2, 0.25) is 0 Å². The van der Waals surface area contributed by atoms with Crippen LogP contribution in [0, 0.1) is 0 Å². The molecule has 0 aliphatic carbocycles. The van der Waals surface area contributed by atoms with Crippen LogP contribution in [0.5, 0.6) is 0 Å². The summed E-state index contributed by atoms with van der Waals surface area (Å²) in [6, 6.07) is 13.8. The molecule has 4 aromatic rings. The number of pyridine rings is 1. The van der Waals surface area contributed by atoms with Gasteiger partial charge in [-0.3, -0.25) is 4.98 Å². The Balaban J connectivity index is 1.91. The fourth-order valence-electron chi connectivity index (χ4n) is 2.09. The predicted molar refractivity (Wildman–Crippen MR) is 89.7 cm³/mol. The molecule has 0 aliphatic heterocycles. The molecule has 0 atom stereocenters.